The zero-order valence-corrected chi connectivity index (χ0v) is 15.3. The van der Waals surface area contributed by atoms with Gasteiger partial charge in [0, 0.05) is 32.1 Å². The molecule has 1 aliphatic carbocycles. The number of fused-ring (bicyclic) bond motifs is 1. The van der Waals surface area contributed by atoms with Crippen molar-refractivity contribution in [2.45, 2.75) is 19.3 Å². The Morgan fingerprint density at radius 2 is 1.75 bits per heavy atom. The first-order valence-corrected chi connectivity index (χ1v) is 9.23. The van der Waals surface area contributed by atoms with E-state index >= 15 is 0 Å². The van der Waals surface area contributed by atoms with Gasteiger partial charge in [-0.1, -0.05) is 24.3 Å². The molecule has 0 unspecified atom stereocenters. The number of para-hydroxylation sites is 2. The second kappa shape index (κ2) is 8.64. The SMILES string of the molecule is O=C(CCN1C(=O)[C@H]2CC=CC[C@H]2C1=O)NCCNc1ccccc1[N+](=O)[O-]. The lowest BCUT2D eigenvalue weighted by molar-refractivity contribution is -0.384. The highest BCUT2D eigenvalue weighted by Gasteiger charge is 2.46. The maximum atomic E-state index is 12.3. The molecule has 0 radical (unpaired) electrons. The molecule has 2 aliphatic rings. The third kappa shape index (κ3) is 4.19. The maximum Gasteiger partial charge on any atom is 0.292 e. The number of rotatable bonds is 8. The van der Waals surface area contributed by atoms with E-state index in [4.69, 9.17) is 0 Å². The van der Waals surface area contributed by atoms with Gasteiger partial charge in [-0.05, 0) is 18.9 Å². The molecule has 1 aromatic rings. The Balaban J connectivity index is 1.40. The van der Waals surface area contributed by atoms with E-state index in [1.165, 1.54) is 11.0 Å². The largest absolute Gasteiger partial charge is 0.378 e. The molecule has 0 aromatic heterocycles. The molecular formula is C19H22N4O5. The number of hydrogen-bond acceptors (Lipinski definition) is 6. The summed E-state index contributed by atoms with van der Waals surface area (Å²) in [6.07, 6.45) is 5.04. The summed E-state index contributed by atoms with van der Waals surface area (Å²) in [5.41, 5.74) is 0.349. The van der Waals surface area contributed by atoms with Crippen LogP contribution < -0.4 is 10.6 Å². The molecule has 1 aromatic carbocycles. The Bertz CT molecular complexity index is 796. The quantitative estimate of drug-likeness (QED) is 0.229. The van der Waals surface area contributed by atoms with E-state index < -0.39 is 4.92 Å². The van der Waals surface area contributed by atoms with Gasteiger partial charge in [0.2, 0.25) is 17.7 Å². The van der Waals surface area contributed by atoms with Gasteiger partial charge in [-0.3, -0.25) is 29.4 Å². The van der Waals surface area contributed by atoms with Crippen LogP contribution in [0.5, 0.6) is 0 Å². The maximum absolute atomic E-state index is 12.3. The molecule has 3 amide bonds. The highest BCUT2D eigenvalue weighted by molar-refractivity contribution is 6.05. The molecule has 1 aliphatic heterocycles. The number of nitrogens with one attached hydrogen (secondary N) is 2. The van der Waals surface area contributed by atoms with E-state index in [1.54, 1.807) is 18.2 Å². The van der Waals surface area contributed by atoms with Crippen molar-refractivity contribution in [2.24, 2.45) is 11.8 Å². The van der Waals surface area contributed by atoms with Crippen LogP contribution in [0.4, 0.5) is 11.4 Å². The van der Waals surface area contributed by atoms with E-state index in [1.807, 2.05) is 12.2 Å². The van der Waals surface area contributed by atoms with Crippen molar-refractivity contribution in [3.8, 4) is 0 Å². The third-order valence-electron chi connectivity index (χ3n) is 5.02. The van der Waals surface area contributed by atoms with Crippen LogP contribution >= 0.6 is 0 Å². The number of amides is 3. The molecule has 0 bridgehead atoms. The predicted molar refractivity (Wildman–Crippen MR) is 101 cm³/mol. The van der Waals surface area contributed by atoms with Gasteiger partial charge in [-0.25, -0.2) is 0 Å². The number of carbonyl (C=O) groups excluding carboxylic acids is 3. The smallest absolute Gasteiger partial charge is 0.292 e. The summed E-state index contributed by atoms with van der Waals surface area (Å²) in [5, 5.41) is 16.6. The van der Waals surface area contributed by atoms with Gasteiger partial charge < -0.3 is 10.6 Å². The molecule has 2 N–H and O–H groups in total. The Kier molecular flexibility index (Phi) is 6.03. The van der Waals surface area contributed by atoms with Gasteiger partial charge in [-0.15, -0.1) is 0 Å². The lowest BCUT2D eigenvalue weighted by Gasteiger charge is -2.14. The van der Waals surface area contributed by atoms with Crippen LogP contribution in [0, 0.1) is 22.0 Å². The first-order valence-electron chi connectivity index (χ1n) is 9.23. The predicted octanol–water partition coefficient (Wildman–Crippen LogP) is 1.46. The number of nitro groups is 1. The van der Waals surface area contributed by atoms with Gasteiger partial charge >= 0.3 is 0 Å². The first kappa shape index (κ1) is 19.5. The Morgan fingerprint density at radius 3 is 2.39 bits per heavy atom. The lowest BCUT2D eigenvalue weighted by atomic mass is 9.85. The molecule has 28 heavy (non-hydrogen) atoms. The number of benzene rings is 1. The van der Waals surface area contributed by atoms with Crippen LogP contribution in [-0.2, 0) is 14.4 Å². The van der Waals surface area contributed by atoms with Crippen molar-refractivity contribution >= 4 is 29.1 Å². The Labute approximate surface area is 161 Å². The standard InChI is InChI=1S/C19H22N4O5/c24-17(21-11-10-20-15-7-3-4-8-16(15)23(27)28)9-12-22-18(25)13-5-1-2-6-14(13)19(22)26/h1-4,7-8,13-14,20H,5-6,9-12H2,(H,21,24)/t13-,14+. The van der Waals surface area contributed by atoms with Gasteiger partial charge in [0.15, 0.2) is 0 Å². The van der Waals surface area contributed by atoms with Crippen molar-refractivity contribution in [3.05, 3.63) is 46.5 Å². The summed E-state index contributed by atoms with van der Waals surface area (Å²) in [6, 6.07) is 6.26. The first-order chi connectivity index (χ1) is 13.5. The molecule has 3 rings (SSSR count). The van der Waals surface area contributed by atoms with Crippen molar-refractivity contribution in [1.29, 1.82) is 0 Å². The minimum atomic E-state index is -0.474. The number of carbonyl (C=O) groups is 3. The Hall–Kier alpha value is -3.23. The highest BCUT2D eigenvalue weighted by atomic mass is 16.6. The molecule has 0 spiro atoms. The number of anilines is 1. The monoisotopic (exact) mass is 386 g/mol. The fraction of sp³-hybridized carbons (Fsp3) is 0.421. The van der Waals surface area contributed by atoms with Crippen molar-refractivity contribution < 1.29 is 19.3 Å². The van der Waals surface area contributed by atoms with E-state index in [0.717, 1.165) is 0 Å². The average molecular weight is 386 g/mol. The number of nitro benzene ring substituents is 1. The van der Waals surface area contributed by atoms with Gasteiger partial charge in [0.1, 0.15) is 5.69 Å². The van der Waals surface area contributed by atoms with Crippen molar-refractivity contribution in [1.82, 2.24) is 10.2 Å². The topological polar surface area (TPSA) is 122 Å². The normalized spacial score (nSPS) is 20.8. The fourth-order valence-electron chi connectivity index (χ4n) is 3.57. The molecule has 0 saturated carbocycles. The molecule has 9 nitrogen and oxygen atoms in total. The van der Waals surface area contributed by atoms with Crippen LogP contribution in [-0.4, -0.2) is 47.2 Å². The zero-order valence-electron chi connectivity index (χ0n) is 15.3. The van der Waals surface area contributed by atoms with Gasteiger partial charge in [-0.2, -0.15) is 0 Å². The highest BCUT2D eigenvalue weighted by Crippen LogP contribution is 2.34. The van der Waals surface area contributed by atoms with E-state index in [9.17, 15) is 24.5 Å². The fourth-order valence-corrected chi connectivity index (χ4v) is 3.57. The zero-order chi connectivity index (χ0) is 20.1. The van der Waals surface area contributed by atoms with Gasteiger partial charge in [0.25, 0.3) is 5.69 Å². The summed E-state index contributed by atoms with van der Waals surface area (Å²) in [4.78, 5) is 48.4. The molecule has 9 heteroatoms. The molecule has 1 heterocycles. The van der Waals surface area contributed by atoms with Crippen LogP contribution in [0.15, 0.2) is 36.4 Å². The second-order valence-corrected chi connectivity index (χ2v) is 6.78. The lowest BCUT2D eigenvalue weighted by Crippen LogP contribution is -2.36. The third-order valence-corrected chi connectivity index (χ3v) is 5.02. The van der Waals surface area contributed by atoms with Crippen LogP contribution in [0.1, 0.15) is 19.3 Å². The minimum absolute atomic E-state index is 0.0316. The second-order valence-electron chi connectivity index (χ2n) is 6.78. The molecule has 148 valence electrons. The van der Waals surface area contributed by atoms with Gasteiger partial charge in [0.05, 0.1) is 16.8 Å². The summed E-state index contributed by atoms with van der Waals surface area (Å²) in [5.74, 6) is -1.23. The van der Waals surface area contributed by atoms with E-state index in [2.05, 4.69) is 10.6 Å². The van der Waals surface area contributed by atoms with E-state index in [0.29, 0.717) is 25.1 Å². The van der Waals surface area contributed by atoms with Crippen LogP contribution in [0.2, 0.25) is 0 Å². The summed E-state index contributed by atoms with van der Waals surface area (Å²) in [6.45, 7) is 0.657. The van der Waals surface area contributed by atoms with Crippen LogP contribution in [0.3, 0.4) is 0 Å². The van der Waals surface area contributed by atoms with Crippen molar-refractivity contribution in [2.75, 3.05) is 25.0 Å². The summed E-state index contributed by atoms with van der Waals surface area (Å²) in [7, 11) is 0. The molecule has 2 atom stereocenters. The average Bonchev–Trinajstić information content (AvgIpc) is 2.94. The number of nitrogens with zero attached hydrogens (tertiary/aromatic N) is 2. The number of imide groups is 1. The minimum Gasteiger partial charge on any atom is -0.378 e. The van der Waals surface area contributed by atoms with Crippen LogP contribution in [0.25, 0.3) is 0 Å². The number of hydrogen-bond donors (Lipinski definition) is 2. The number of allylic oxidation sites excluding steroid dienone is 2. The summed E-state index contributed by atoms with van der Waals surface area (Å²) >= 11 is 0. The molecule has 1 fully saturated rings. The molecular weight excluding hydrogens is 364 g/mol. The summed E-state index contributed by atoms with van der Waals surface area (Å²) < 4.78 is 0. The number of likely N-dealkylation sites (tertiary alicyclic amines) is 1. The Morgan fingerprint density at radius 1 is 1.11 bits per heavy atom. The van der Waals surface area contributed by atoms with Crippen molar-refractivity contribution in [3.63, 3.8) is 0 Å². The molecule has 1 saturated heterocycles. The van der Waals surface area contributed by atoms with E-state index in [-0.39, 0.29) is 54.8 Å².